The van der Waals surface area contributed by atoms with Crippen LogP contribution in [0, 0.1) is 0 Å². The molecule has 1 unspecified atom stereocenters. The molecule has 104 valence electrons. The molecule has 0 aliphatic carbocycles. The quantitative estimate of drug-likeness (QED) is 0.693. The van der Waals surface area contributed by atoms with Gasteiger partial charge in [-0.3, -0.25) is 4.79 Å². The molecule has 0 spiro atoms. The highest BCUT2D eigenvalue weighted by atomic mass is 32.2. The van der Waals surface area contributed by atoms with E-state index in [4.69, 9.17) is 4.74 Å². The van der Waals surface area contributed by atoms with Gasteiger partial charge in [0.2, 0.25) is 0 Å². The first-order valence-electron chi connectivity index (χ1n) is 5.63. The highest BCUT2D eigenvalue weighted by molar-refractivity contribution is 7.94. The van der Waals surface area contributed by atoms with Gasteiger partial charge in [0.25, 0.3) is 15.9 Å². The Balaban J connectivity index is 2.92. The van der Waals surface area contributed by atoms with Gasteiger partial charge in [-0.1, -0.05) is 0 Å². The van der Waals surface area contributed by atoms with Gasteiger partial charge in [-0.2, -0.15) is 0 Å². The zero-order valence-electron chi connectivity index (χ0n) is 11.5. The summed E-state index contributed by atoms with van der Waals surface area (Å²) in [4.78, 5) is 23.5. The van der Waals surface area contributed by atoms with Gasteiger partial charge >= 0.3 is 5.97 Å². The van der Waals surface area contributed by atoms with Gasteiger partial charge in [0, 0.05) is 0 Å². The first-order chi connectivity index (χ1) is 7.82. The van der Waals surface area contributed by atoms with Gasteiger partial charge in [-0.25, -0.2) is 17.5 Å². The van der Waals surface area contributed by atoms with Crippen LogP contribution < -0.4 is 0 Å². The normalized spacial score (nSPS) is 23.2. The summed E-state index contributed by atoms with van der Waals surface area (Å²) >= 11 is 0. The van der Waals surface area contributed by atoms with E-state index in [1.54, 1.807) is 20.8 Å². The summed E-state index contributed by atoms with van der Waals surface area (Å²) < 4.78 is 28.0. The van der Waals surface area contributed by atoms with Crippen LogP contribution in [0.2, 0.25) is 0 Å². The smallest absolute Gasteiger partial charge is 0.330 e. The van der Waals surface area contributed by atoms with Crippen LogP contribution in [-0.2, 0) is 24.3 Å². The van der Waals surface area contributed by atoms with Gasteiger partial charge in [-0.05, 0) is 41.5 Å². The van der Waals surface area contributed by atoms with Crippen LogP contribution in [0.15, 0.2) is 0 Å². The van der Waals surface area contributed by atoms with Crippen molar-refractivity contribution in [3.63, 3.8) is 0 Å². The topological polar surface area (TPSA) is 80.8 Å². The Bertz CT molecular complexity index is 486. The third-order valence-corrected chi connectivity index (χ3v) is 5.18. The molecule has 0 aromatic carbocycles. The average molecular weight is 277 g/mol. The second-order valence-corrected chi connectivity index (χ2v) is 8.19. The lowest BCUT2D eigenvalue weighted by atomic mass is 10.1. The van der Waals surface area contributed by atoms with Crippen LogP contribution >= 0.6 is 0 Å². The van der Waals surface area contributed by atoms with Crippen molar-refractivity contribution in [3.8, 4) is 0 Å². The Hall–Kier alpha value is -1.11. The summed E-state index contributed by atoms with van der Waals surface area (Å²) in [5, 5.41) is 0. The fraction of sp³-hybridized carbons (Fsp3) is 0.818. The number of carbonyl (C=O) groups is 2. The molecule has 1 saturated heterocycles. The molecule has 0 radical (unpaired) electrons. The summed E-state index contributed by atoms with van der Waals surface area (Å²) in [7, 11) is -3.77. The van der Waals surface area contributed by atoms with E-state index in [0.717, 1.165) is 0 Å². The fourth-order valence-electron chi connectivity index (χ4n) is 1.56. The summed E-state index contributed by atoms with van der Waals surface area (Å²) in [5.41, 5.74) is -0.724. The highest BCUT2D eigenvalue weighted by Crippen LogP contribution is 2.36. The number of amides is 1. The number of carbonyl (C=O) groups excluding carboxylic acids is 2. The number of nitrogens with zero attached hydrogens (tertiary/aromatic N) is 1. The zero-order chi connectivity index (χ0) is 14.5. The summed E-state index contributed by atoms with van der Waals surface area (Å²) in [6.07, 6.45) is 0. The van der Waals surface area contributed by atoms with Crippen LogP contribution in [0.5, 0.6) is 0 Å². The van der Waals surface area contributed by atoms with Crippen molar-refractivity contribution in [1.82, 2.24) is 4.31 Å². The Morgan fingerprint density at radius 3 is 2.11 bits per heavy atom. The summed E-state index contributed by atoms with van der Waals surface area (Å²) in [5.74, 6) is -1.31. The number of hydrogen-bond acceptors (Lipinski definition) is 5. The van der Waals surface area contributed by atoms with Crippen LogP contribution in [0.1, 0.15) is 41.5 Å². The molecule has 7 heteroatoms. The third-order valence-electron chi connectivity index (χ3n) is 2.72. The second kappa shape index (κ2) is 3.94. The predicted octanol–water partition coefficient (Wildman–Crippen LogP) is 0.667. The zero-order valence-corrected chi connectivity index (χ0v) is 12.3. The molecule has 18 heavy (non-hydrogen) atoms. The van der Waals surface area contributed by atoms with E-state index < -0.39 is 38.3 Å². The molecule has 6 nitrogen and oxygen atoms in total. The van der Waals surface area contributed by atoms with Crippen molar-refractivity contribution in [1.29, 1.82) is 0 Å². The first-order valence-corrected chi connectivity index (χ1v) is 7.07. The molecule has 1 heterocycles. The van der Waals surface area contributed by atoms with E-state index in [-0.39, 0.29) is 0 Å². The molecular formula is C11H19NO5S. The van der Waals surface area contributed by atoms with E-state index >= 15 is 0 Å². The van der Waals surface area contributed by atoms with Gasteiger partial charge in [0.1, 0.15) is 11.6 Å². The van der Waals surface area contributed by atoms with Gasteiger partial charge in [0.15, 0.2) is 4.75 Å². The lowest BCUT2D eigenvalue weighted by Crippen LogP contribution is -2.70. The fourth-order valence-corrected chi connectivity index (χ4v) is 3.19. The third kappa shape index (κ3) is 2.11. The SMILES string of the molecule is CC(C(=O)OC(C)(C)C)N1C(=O)C(C)(C)S1(=O)=O. The molecule has 1 fully saturated rings. The Morgan fingerprint density at radius 1 is 1.33 bits per heavy atom. The maximum Gasteiger partial charge on any atom is 0.330 e. The van der Waals surface area contributed by atoms with E-state index in [1.165, 1.54) is 20.8 Å². The van der Waals surface area contributed by atoms with Crippen molar-refractivity contribution < 1.29 is 22.7 Å². The maximum atomic E-state index is 11.9. The lowest BCUT2D eigenvalue weighted by Gasteiger charge is -2.45. The van der Waals surface area contributed by atoms with Gasteiger partial charge in [0.05, 0.1) is 0 Å². The Morgan fingerprint density at radius 2 is 1.78 bits per heavy atom. The van der Waals surface area contributed by atoms with Crippen molar-refractivity contribution in [2.24, 2.45) is 0 Å². The van der Waals surface area contributed by atoms with Crippen molar-refractivity contribution in [2.45, 2.75) is 57.9 Å². The number of esters is 1. The van der Waals surface area contributed by atoms with Crippen molar-refractivity contribution in [2.75, 3.05) is 0 Å². The molecule has 0 N–H and O–H groups in total. The minimum Gasteiger partial charge on any atom is -0.458 e. The Labute approximate surface area is 107 Å². The highest BCUT2D eigenvalue weighted by Gasteiger charge is 2.62. The molecule has 1 atom stereocenters. The maximum absolute atomic E-state index is 11.9. The number of ether oxygens (including phenoxy) is 1. The van der Waals surface area contributed by atoms with E-state index in [1.807, 2.05) is 0 Å². The molecule has 0 aromatic heterocycles. The lowest BCUT2D eigenvalue weighted by molar-refractivity contribution is -0.162. The summed E-state index contributed by atoms with van der Waals surface area (Å²) in [6.45, 7) is 9.01. The number of rotatable bonds is 2. The van der Waals surface area contributed by atoms with Crippen molar-refractivity contribution in [3.05, 3.63) is 0 Å². The average Bonchev–Trinajstić information content (AvgIpc) is 2.14. The molecule has 0 aromatic rings. The van der Waals surface area contributed by atoms with Crippen LogP contribution in [0.4, 0.5) is 0 Å². The second-order valence-electron chi connectivity index (χ2n) is 5.83. The number of hydrogen-bond donors (Lipinski definition) is 0. The molecule has 1 amide bonds. The van der Waals surface area contributed by atoms with E-state index in [2.05, 4.69) is 0 Å². The molecule has 0 saturated carbocycles. The standard InChI is InChI=1S/C11H19NO5S/c1-7(8(13)17-10(2,3)4)12-9(14)11(5,6)18(12,15)16/h7H,1-6H3. The predicted molar refractivity (Wildman–Crippen MR) is 65.2 cm³/mol. The van der Waals surface area contributed by atoms with Crippen LogP contribution in [-0.4, -0.2) is 41.0 Å². The Kier molecular flexibility index (Phi) is 3.27. The van der Waals surface area contributed by atoms with Crippen LogP contribution in [0.25, 0.3) is 0 Å². The summed E-state index contributed by atoms with van der Waals surface area (Å²) in [6, 6.07) is -1.13. The number of sulfonamides is 1. The molecule has 1 rings (SSSR count). The minimum absolute atomic E-state index is 0.583. The monoisotopic (exact) mass is 277 g/mol. The van der Waals surface area contributed by atoms with E-state index in [0.29, 0.717) is 4.31 Å². The van der Waals surface area contributed by atoms with Gasteiger partial charge < -0.3 is 4.74 Å². The van der Waals surface area contributed by atoms with E-state index in [9.17, 15) is 18.0 Å². The largest absolute Gasteiger partial charge is 0.458 e. The first kappa shape index (κ1) is 14.9. The molecule has 1 aliphatic rings. The molecule has 1 aliphatic heterocycles. The molecular weight excluding hydrogens is 258 g/mol. The minimum atomic E-state index is -3.77. The molecule has 0 bridgehead atoms. The van der Waals surface area contributed by atoms with Gasteiger partial charge in [-0.15, -0.1) is 0 Å². The van der Waals surface area contributed by atoms with Crippen LogP contribution in [0.3, 0.4) is 0 Å². The van der Waals surface area contributed by atoms with Crippen molar-refractivity contribution >= 4 is 21.9 Å².